The molecule has 10 heteroatoms. The molecule has 3 amide bonds. The first-order valence-electron chi connectivity index (χ1n) is 10.3. The van der Waals surface area contributed by atoms with E-state index in [9.17, 15) is 27.6 Å². The zero-order chi connectivity index (χ0) is 24.2. The van der Waals surface area contributed by atoms with Crippen LogP contribution in [0.2, 0.25) is 0 Å². The van der Waals surface area contributed by atoms with Gasteiger partial charge in [0.1, 0.15) is 5.75 Å². The summed E-state index contributed by atoms with van der Waals surface area (Å²) in [6.07, 6.45) is -4.73. The molecule has 2 aromatic carbocycles. The number of amides is 3. The van der Waals surface area contributed by atoms with Crippen LogP contribution in [-0.2, 0) is 14.4 Å². The van der Waals surface area contributed by atoms with E-state index in [1.807, 2.05) is 37.3 Å². The van der Waals surface area contributed by atoms with E-state index in [1.165, 1.54) is 24.1 Å². The molecule has 0 spiro atoms. The van der Waals surface area contributed by atoms with Crippen molar-refractivity contribution in [1.82, 2.24) is 9.80 Å². The number of hydrogen-bond donors (Lipinski definition) is 1. The molecule has 2 atom stereocenters. The second-order valence-corrected chi connectivity index (χ2v) is 7.85. The van der Waals surface area contributed by atoms with Gasteiger partial charge < -0.3 is 19.9 Å². The number of nitrogens with zero attached hydrogens (tertiary/aromatic N) is 2. The third-order valence-corrected chi connectivity index (χ3v) is 5.39. The summed E-state index contributed by atoms with van der Waals surface area (Å²) in [6.45, 7) is 1.90. The summed E-state index contributed by atoms with van der Waals surface area (Å²) in [6, 6.07) is 14.0. The van der Waals surface area contributed by atoms with Crippen molar-refractivity contribution in [3.63, 3.8) is 0 Å². The summed E-state index contributed by atoms with van der Waals surface area (Å²) in [5.41, 5.74) is 1.23. The van der Waals surface area contributed by atoms with Crippen molar-refractivity contribution in [2.75, 3.05) is 25.5 Å². The Hall–Kier alpha value is -3.56. The number of carbonyl (C=O) groups excluding carboxylic acids is 3. The predicted molar refractivity (Wildman–Crippen MR) is 114 cm³/mol. The van der Waals surface area contributed by atoms with Crippen molar-refractivity contribution in [1.29, 1.82) is 0 Å². The third-order valence-electron chi connectivity index (χ3n) is 5.39. The van der Waals surface area contributed by atoms with Crippen molar-refractivity contribution < 1.29 is 32.3 Å². The molecule has 0 bridgehead atoms. The molecule has 0 aromatic heterocycles. The summed E-state index contributed by atoms with van der Waals surface area (Å²) >= 11 is 0. The first kappa shape index (κ1) is 24.1. The fraction of sp³-hybridized carbons (Fsp3) is 0.348. The summed E-state index contributed by atoms with van der Waals surface area (Å²) in [7, 11) is 1.47. The number of rotatable bonds is 7. The largest absolute Gasteiger partial charge is 0.573 e. The molecule has 3 rings (SSSR count). The Morgan fingerprint density at radius 3 is 2.39 bits per heavy atom. The van der Waals surface area contributed by atoms with Gasteiger partial charge in [-0.25, -0.2) is 0 Å². The molecule has 33 heavy (non-hydrogen) atoms. The number of hydrogen-bond acceptors (Lipinski definition) is 4. The summed E-state index contributed by atoms with van der Waals surface area (Å²) in [5, 5.41) is 2.52. The topological polar surface area (TPSA) is 79.0 Å². The summed E-state index contributed by atoms with van der Waals surface area (Å²) in [4.78, 5) is 40.5. The average Bonchev–Trinajstić information content (AvgIpc) is 3.15. The lowest BCUT2D eigenvalue weighted by molar-refractivity contribution is -0.274. The summed E-state index contributed by atoms with van der Waals surface area (Å²) in [5.74, 6) is -1.93. The molecule has 0 aliphatic carbocycles. The zero-order valence-electron chi connectivity index (χ0n) is 18.1. The minimum absolute atomic E-state index is 0.0721. The molecule has 1 aliphatic heterocycles. The summed E-state index contributed by atoms with van der Waals surface area (Å²) < 4.78 is 40.5. The van der Waals surface area contributed by atoms with Crippen molar-refractivity contribution >= 4 is 23.4 Å². The van der Waals surface area contributed by atoms with Gasteiger partial charge in [0.15, 0.2) is 0 Å². The molecule has 1 heterocycles. The molecule has 2 unspecified atom stereocenters. The third kappa shape index (κ3) is 6.47. The van der Waals surface area contributed by atoms with E-state index in [4.69, 9.17) is 0 Å². The van der Waals surface area contributed by atoms with Gasteiger partial charge in [0.2, 0.25) is 17.7 Å². The molecule has 7 nitrogen and oxygen atoms in total. The number of benzene rings is 2. The zero-order valence-corrected chi connectivity index (χ0v) is 18.1. The van der Waals surface area contributed by atoms with Crippen LogP contribution in [0.3, 0.4) is 0 Å². The van der Waals surface area contributed by atoms with Crippen LogP contribution in [0.1, 0.15) is 24.9 Å². The van der Waals surface area contributed by atoms with E-state index in [-0.39, 0.29) is 43.1 Å². The van der Waals surface area contributed by atoms with Crippen molar-refractivity contribution in [2.45, 2.75) is 25.7 Å². The molecular weight excluding hydrogens is 439 g/mol. The van der Waals surface area contributed by atoms with Gasteiger partial charge in [-0.3, -0.25) is 14.4 Å². The number of likely N-dealkylation sites (N-methyl/N-ethyl adjacent to an activating group) is 1. The Morgan fingerprint density at radius 2 is 1.79 bits per heavy atom. The van der Waals surface area contributed by atoms with Crippen LogP contribution in [0.4, 0.5) is 18.9 Å². The quantitative estimate of drug-likeness (QED) is 0.681. The maximum atomic E-state index is 12.8. The van der Waals surface area contributed by atoms with Crippen LogP contribution in [0.25, 0.3) is 0 Å². The lowest BCUT2D eigenvalue weighted by atomic mass is 10.1. The molecule has 0 radical (unpaired) electrons. The van der Waals surface area contributed by atoms with Crippen molar-refractivity contribution in [2.24, 2.45) is 5.92 Å². The number of ether oxygens (including phenoxy) is 1. The number of carbonyl (C=O) groups is 3. The molecule has 1 fully saturated rings. The monoisotopic (exact) mass is 463 g/mol. The fourth-order valence-electron chi connectivity index (χ4n) is 3.73. The van der Waals surface area contributed by atoms with Crippen LogP contribution in [0.15, 0.2) is 54.6 Å². The molecule has 1 N–H and O–H groups in total. The Labute approximate surface area is 189 Å². The highest BCUT2D eigenvalue weighted by molar-refractivity contribution is 5.96. The number of likely N-dealkylation sites (tertiary alicyclic amines) is 1. The first-order chi connectivity index (χ1) is 15.5. The van der Waals surface area contributed by atoms with Crippen LogP contribution in [-0.4, -0.2) is 54.0 Å². The van der Waals surface area contributed by atoms with E-state index in [1.54, 1.807) is 4.90 Å². The normalized spacial score (nSPS) is 16.9. The van der Waals surface area contributed by atoms with Crippen molar-refractivity contribution in [3.05, 3.63) is 60.2 Å². The van der Waals surface area contributed by atoms with Crippen LogP contribution < -0.4 is 10.1 Å². The Balaban J connectivity index is 1.52. The standard InChI is InChI=1S/C23H24F3N3O4/c1-15(16-6-4-3-5-7-16)29-13-17(12-21(29)31)22(32)28(2)14-20(30)27-18-8-10-19(11-9-18)33-23(24,25)26/h3-11,15,17H,12-14H2,1-2H3,(H,27,30). The van der Waals surface area contributed by atoms with Crippen LogP contribution in [0, 0.1) is 5.92 Å². The maximum absolute atomic E-state index is 12.8. The van der Waals surface area contributed by atoms with Gasteiger partial charge in [-0.05, 0) is 36.8 Å². The van der Waals surface area contributed by atoms with Gasteiger partial charge in [0, 0.05) is 25.7 Å². The average molecular weight is 463 g/mol. The number of halogens is 3. The fourth-order valence-corrected chi connectivity index (χ4v) is 3.73. The molecule has 2 aromatic rings. The smallest absolute Gasteiger partial charge is 0.406 e. The van der Waals surface area contributed by atoms with Gasteiger partial charge in [0.05, 0.1) is 18.5 Å². The second-order valence-electron chi connectivity index (χ2n) is 7.85. The number of anilines is 1. The first-order valence-corrected chi connectivity index (χ1v) is 10.3. The highest BCUT2D eigenvalue weighted by Crippen LogP contribution is 2.29. The second kappa shape index (κ2) is 9.93. The van der Waals surface area contributed by atoms with Gasteiger partial charge in [-0.1, -0.05) is 30.3 Å². The Bertz CT molecular complexity index is 996. The minimum Gasteiger partial charge on any atom is -0.406 e. The van der Waals surface area contributed by atoms with Crippen LogP contribution >= 0.6 is 0 Å². The minimum atomic E-state index is -4.80. The maximum Gasteiger partial charge on any atom is 0.573 e. The van der Waals surface area contributed by atoms with Crippen LogP contribution in [0.5, 0.6) is 5.75 Å². The van der Waals surface area contributed by atoms with Gasteiger partial charge in [-0.2, -0.15) is 0 Å². The molecular formula is C23H24F3N3O4. The molecule has 0 saturated carbocycles. The number of nitrogens with one attached hydrogen (secondary N) is 1. The van der Waals surface area contributed by atoms with E-state index in [0.717, 1.165) is 17.7 Å². The molecule has 176 valence electrons. The van der Waals surface area contributed by atoms with Crippen molar-refractivity contribution in [3.8, 4) is 5.75 Å². The number of alkyl halides is 3. The highest BCUT2D eigenvalue weighted by atomic mass is 19.4. The Kier molecular flexibility index (Phi) is 7.25. The van der Waals surface area contributed by atoms with E-state index < -0.39 is 23.9 Å². The molecule has 1 aliphatic rings. The van der Waals surface area contributed by atoms with Gasteiger partial charge in [0.25, 0.3) is 0 Å². The lowest BCUT2D eigenvalue weighted by Gasteiger charge is -2.26. The Morgan fingerprint density at radius 1 is 1.15 bits per heavy atom. The van der Waals surface area contributed by atoms with Gasteiger partial charge >= 0.3 is 6.36 Å². The SMILES string of the molecule is CC(c1ccccc1)N1CC(C(=O)N(C)CC(=O)Nc2ccc(OC(F)(F)F)cc2)CC1=O. The van der Waals surface area contributed by atoms with E-state index >= 15 is 0 Å². The van der Waals surface area contributed by atoms with E-state index in [2.05, 4.69) is 10.1 Å². The highest BCUT2D eigenvalue weighted by Gasteiger charge is 2.38. The van der Waals surface area contributed by atoms with Gasteiger partial charge in [-0.15, -0.1) is 13.2 Å². The van der Waals surface area contributed by atoms with E-state index in [0.29, 0.717) is 0 Å². The molecule has 1 saturated heterocycles. The lowest BCUT2D eigenvalue weighted by Crippen LogP contribution is -2.39. The predicted octanol–water partition coefficient (Wildman–Crippen LogP) is 3.59.